The second-order valence-electron chi connectivity index (χ2n) is 11.3. The summed E-state index contributed by atoms with van der Waals surface area (Å²) < 4.78 is 60.8. The van der Waals surface area contributed by atoms with E-state index in [1.807, 2.05) is 4.90 Å². The Morgan fingerprint density at radius 1 is 1.09 bits per heavy atom. The van der Waals surface area contributed by atoms with Crippen LogP contribution in [0, 0.1) is 11.6 Å². The number of fused-ring (bicyclic) bond motifs is 3. The van der Waals surface area contributed by atoms with Crippen LogP contribution in [0.15, 0.2) is 47.9 Å². The number of nitrogens with two attached hydrogens (primary N) is 1. The van der Waals surface area contributed by atoms with Gasteiger partial charge in [-0.25, -0.2) is 22.2 Å². The van der Waals surface area contributed by atoms with Crippen molar-refractivity contribution >= 4 is 27.2 Å². The molecule has 0 aliphatic carbocycles. The van der Waals surface area contributed by atoms with E-state index in [0.29, 0.717) is 41.0 Å². The average molecular weight is 636 g/mol. The molecular weight excluding hydrogens is 608 g/mol. The van der Waals surface area contributed by atoms with Crippen LogP contribution < -0.4 is 10.5 Å². The number of carbonyl (C=O) groups excluding carboxylic acids is 1. The number of H-pyrrole nitrogens is 1. The minimum Gasteiger partial charge on any atom is -0.491 e. The molecule has 1 aromatic carbocycles. The number of benzene rings is 1. The van der Waals surface area contributed by atoms with Gasteiger partial charge in [-0.1, -0.05) is 6.07 Å². The maximum absolute atomic E-state index is 14.3. The number of pyridine rings is 1. The van der Waals surface area contributed by atoms with Crippen LogP contribution in [0.3, 0.4) is 0 Å². The molecule has 2 fully saturated rings. The quantitative estimate of drug-likeness (QED) is 0.281. The Bertz CT molecular complexity index is 2030. The highest BCUT2D eigenvalue weighted by Crippen LogP contribution is 2.45. The second kappa shape index (κ2) is 10.6. The largest absolute Gasteiger partial charge is 0.491 e. The number of aromatic amines is 1. The number of hydrogen-bond acceptors (Lipinski definition) is 10. The molecule has 1 amide bonds. The fourth-order valence-corrected chi connectivity index (χ4v) is 7.73. The number of sulfone groups is 1. The predicted molar refractivity (Wildman–Crippen MR) is 157 cm³/mol. The highest BCUT2D eigenvalue weighted by atomic mass is 32.2. The Kier molecular flexibility index (Phi) is 6.76. The number of nitrogens with one attached hydrogen (secondary N) is 1. The van der Waals surface area contributed by atoms with E-state index in [1.54, 1.807) is 12.1 Å². The smallest absolute Gasteiger partial charge is 0.292 e. The van der Waals surface area contributed by atoms with Gasteiger partial charge in [0.05, 0.1) is 24.7 Å². The number of ether oxygens (including phenoxy) is 1. The molecule has 5 aromatic rings. The fraction of sp³-hybridized carbons (Fsp3) is 0.310. The van der Waals surface area contributed by atoms with Crippen LogP contribution in [0.2, 0.25) is 0 Å². The van der Waals surface area contributed by atoms with Crippen LogP contribution in [0.5, 0.6) is 5.75 Å². The van der Waals surface area contributed by atoms with Gasteiger partial charge in [-0.05, 0) is 43.9 Å². The van der Waals surface area contributed by atoms with E-state index in [9.17, 15) is 22.0 Å². The predicted octanol–water partition coefficient (Wildman–Crippen LogP) is 3.40. The average Bonchev–Trinajstić information content (AvgIpc) is 3.75. The summed E-state index contributed by atoms with van der Waals surface area (Å²) in [6.45, 7) is 0. The normalized spacial score (nSPS) is 19.7. The molecule has 0 saturated carbocycles. The van der Waals surface area contributed by atoms with Crippen LogP contribution in [0.1, 0.15) is 47.9 Å². The summed E-state index contributed by atoms with van der Waals surface area (Å²) in [5.74, 6) is -2.61. The molecule has 6 heterocycles. The molecule has 3 N–H and O–H groups in total. The third kappa shape index (κ3) is 4.75. The summed E-state index contributed by atoms with van der Waals surface area (Å²) in [5.41, 5.74) is 8.82. The molecule has 13 nitrogen and oxygen atoms in total. The Morgan fingerprint density at radius 2 is 1.80 bits per heavy atom. The van der Waals surface area contributed by atoms with Crippen molar-refractivity contribution in [1.29, 1.82) is 0 Å². The van der Waals surface area contributed by atoms with Gasteiger partial charge in [-0.3, -0.25) is 9.78 Å². The van der Waals surface area contributed by atoms with E-state index in [1.165, 1.54) is 30.3 Å². The Labute approximate surface area is 255 Å². The molecule has 0 spiro atoms. The van der Waals surface area contributed by atoms with E-state index < -0.39 is 27.2 Å². The molecule has 45 heavy (non-hydrogen) atoms. The molecule has 4 aromatic heterocycles. The van der Waals surface area contributed by atoms with Gasteiger partial charge < -0.3 is 20.4 Å². The number of hydrogen-bond donors (Lipinski definition) is 2. The van der Waals surface area contributed by atoms with Crippen molar-refractivity contribution < 1.29 is 26.7 Å². The first-order valence-electron chi connectivity index (χ1n) is 14.1. The summed E-state index contributed by atoms with van der Waals surface area (Å²) in [6.07, 6.45) is 8.00. The van der Waals surface area contributed by atoms with E-state index in [0.717, 1.165) is 31.2 Å². The molecule has 16 heteroatoms. The number of rotatable bonds is 6. The first kappa shape index (κ1) is 28.8. The molecule has 2 bridgehead atoms. The zero-order valence-electron chi connectivity index (χ0n) is 24.1. The van der Waals surface area contributed by atoms with Gasteiger partial charge in [-0.2, -0.15) is 9.61 Å². The van der Waals surface area contributed by atoms with Crippen molar-refractivity contribution in [2.75, 3.05) is 19.1 Å². The van der Waals surface area contributed by atoms with Crippen molar-refractivity contribution in [2.24, 2.45) is 0 Å². The standard InChI is InChI=1S/C29H27F2N9O4S/c1-44-24-20(30)9-15(10-21(24)31)22-6-3-14(11-33-22)19-12-36-40-26(32)25(45(2,42)43)23(37-28(19)40)16-7-17-4-5-18(8-16)39(17)29(41)27-34-13-35-38-27/h3,6,9-13,16-18H,4-5,7-8,32H2,1-2H3,(H,34,35,38)/t16-,17-,18?/m0/s1. The minimum absolute atomic E-state index is 0.0648. The summed E-state index contributed by atoms with van der Waals surface area (Å²) in [7, 11) is -2.64. The van der Waals surface area contributed by atoms with Crippen molar-refractivity contribution in [2.45, 2.75) is 48.6 Å². The van der Waals surface area contributed by atoms with Crippen molar-refractivity contribution in [3.8, 4) is 28.1 Å². The van der Waals surface area contributed by atoms with Gasteiger partial charge in [0.1, 0.15) is 17.0 Å². The highest BCUT2D eigenvalue weighted by molar-refractivity contribution is 7.91. The molecule has 2 aliphatic heterocycles. The number of methoxy groups -OCH3 is 1. The number of nitrogen functional groups attached to an aromatic ring is 1. The van der Waals surface area contributed by atoms with Crippen LogP contribution >= 0.6 is 0 Å². The molecule has 2 saturated heterocycles. The van der Waals surface area contributed by atoms with Crippen molar-refractivity contribution in [3.63, 3.8) is 0 Å². The molecule has 1 unspecified atom stereocenters. The number of piperidine rings is 1. The SMILES string of the molecule is COc1c(F)cc(-c2ccc(-c3cnn4c(N)c(S(C)(=O)=O)c([C@@H]5CC6CC[C@@H](C5)N6C(=O)c5nnc[nH]5)nc34)cn2)cc1F. The Hall–Kier alpha value is -4.99. The monoisotopic (exact) mass is 635 g/mol. The number of halogens is 2. The lowest BCUT2D eigenvalue weighted by Gasteiger charge is -2.38. The molecule has 0 radical (unpaired) electrons. The number of amides is 1. The van der Waals surface area contributed by atoms with Crippen LogP contribution in [-0.2, 0) is 9.84 Å². The molecule has 232 valence electrons. The maximum Gasteiger partial charge on any atom is 0.292 e. The zero-order chi connectivity index (χ0) is 31.6. The van der Waals surface area contributed by atoms with Gasteiger partial charge in [0, 0.05) is 47.1 Å². The van der Waals surface area contributed by atoms with Gasteiger partial charge in [-0.15, -0.1) is 10.2 Å². The topological polar surface area (TPSA) is 174 Å². The first-order valence-corrected chi connectivity index (χ1v) is 16.0. The van der Waals surface area contributed by atoms with E-state index in [4.69, 9.17) is 15.5 Å². The minimum atomic E-state index is -3.82. The van der Waals surface area contributed by atoms with Gasteiger partial charge in [0.15, 0.2) is 32.9 Å². The molecule has 2 aliphatic rings. The third-order valence-corrected chi connectivity index (χ3v) is 9.74. The number of aromatic nitrogens is 7. The maximum atomic E-state index is 14.3. The third-order valence-electron chi connectivity index (χ3n) is 8.58. The Balaban J connectivity index is 1.26. The van der Waals surface area contributed by atoms with E-state index in [2.05, 4.69) is 25.3 Å². The van der Waals surface area contributed by atoms with Crippen LogP contribution in [-0.4, -0.2) is 79.4 Å². The lowest BCUT2D eigenvalue weighted by atomic mass is 9.87. The molecular formula is C29H27F2N9O4S. The first-order chi connectivity index (χ1) is 21.5. The lowest BCUT2D eigenvalue weighted by molar-refractivity contribution is 0.0556. The van der Waals surface area contributed by atoms with E-state index >= 15 is 0 Å². The van der Waals surface area contributed by atoms with E-state index in [-0.39, 0.29) is 46.0 Å². The van der Waals surface area contributed by atoms with Gasteiger partial charge in [0.2, 0.25) is 5.82 Å². The molecule has 7 rings (SSSR count). The highest BCUT2D eigenvalue weighted by Gasteiger charge is 2.46. The van der Waals surface area contributed by atoms with Crippen LogP contribution in [0.25, 0.3) is 28.0 Å². The summed E-state index contributed by atoms with van der Waals surface area (Å²) in [5, 5.41) is 11.9. The summed E-state index contributed by atoms with van der Waals surface area (Å²) >= 11 is 0. The van der Waals surface area contributed by atoms with Crippen LogP contribution in [0.4, 0.5) is 14.6 Å². The number of carbonyl (C=O) groups is 1. The second-order valence-corrected chi connectivity index (χ2v) is 13.2. The number of nitrogens with zero attached hydrogens (tertiary/aromatic N) is 7. The summed E-state index contributed by atoms with van der Waals surface area (Å²) in [4.78, 5) is 26.9. The van der Waals surface area contributed by atoms with Crippen molar-refractivity contribution in [3.05, 3.63) is 66.1 Å². The fourth-order valence-electron chi connectivity index (χ4n) is 6.67. The lowest BCUT2D eigenvalue weighted by Crippen LogP contribution is -2.46. The van der Waals surface area contributed by atoms with Gasteiger partial charge >= 0.3 is 0 Å². The zero-order valence-corrected chi connectivity index (χ0v) is 24.9. The molecule has 3 atom stereocenters. The summed E-state index contributed by atoms with van der Waals surface area (Å²) in [6, 6.07) is 5.32. The van der Waals surface area contributed by atoms with Gasteiger partial charge in [0.25, 0.3) is 5.91 Å². The van der Waals surface area contributed by atoms with Crippen molar-refractivity contribution in [1.82, 2.24) is 39.7 Å². The number of anilines is 1. The Morgan fingerprint density at radius 3 is 2.38 bits per heavy atom.